The molecular formula is C22H25NO4. The molecule has 142 valence electrons. The van der Waals surface area contributed by atoms with Gasteiger partial charge in [0.1, 0.15) is 24.7 Å². The standard InChI is InChI=1S/C22H25NO4/c1-4-25-20-12-15(23(2)3)6-7-17(20)18-13-16(24)11-14-5-8-19-22(21(14)18)27-10-9-26-19/h5-8,12,18H,4,9-11,13H2,1-3H3. The Labute approximate surface area is 159 Å². The molecule has 1 atom stereocenters. The summed E-state index contributed by atoms with van der Waals surface area (Å²) in [5, 5.41) is 0. The van der Waals surface area contributed by atoms with Gasteiger partial charge in [0, 0.05) is 55.7 Å². The lowest BCUT2D eigenvalue weighted by atomic mass is 9.77. The van der Waals surface area contributed by atoms with Crippen LogP contribution in [0.3, 0.4) is 0 Å². The first-order valence-corrected chi connectivity index (χ1v) is 9.45. The summed E-state index contributed by atoms with van der Waals surface area (Å²) in [6.45, 7) is 3.63. The zero-order valence-electron chi connectivity index (χ0n) is 16.1. The molecule has 1 aliphatic heterocycles. The van der Waals surface area contributed by atoms with Gasteiger partial charge in [0.15, 0.2) is 11.5 Å². The van der Waals surface area contributed by atoms with Gasteiger partial charge >= 0.3 is 0 Å². The smallest absolute Gasteiger partial charge is 0.165 e. The lowest BCUT2D eigenvalue weighted by molar-refractivity contribution is -0.119. The number of benzene rings is 2. The zero-order valence-corrected chi connectivity index (χ0v) is 16.1. The van der Waals surface area contributed by atoms with Crippen LogP contribution in [0.2, 0.25) is 0 Å². The highest BCUT2D eigenvalue weighted by Crippen LogP contribution is 2.48. The Kier molecular flexibility index (Phi) is 4.68. The predicted molar refractivity (Wildman–Crippen MR) is 105 cm³/mol. The van der Waals surface area contributed by atoms with E-state index in [9.17, 15) is 4.79 Å². The minimum absolute atomic E-state index is 0.0873. The molecule has 27 heavy (non-hydrogen) atoms. The number of hydrogen-bond acceptors (Lipinski definition) is 5. The van der Waals surface area contributed by atoms with Crippen molar-refractivity contribution in [3.8, 4) is 17.2 Å². The van der Waals surface area contributed by atoms with Crippen LogP contribution in [0.4, 0.5) is 5.69 Å². The molecular weight excluding hydrogens is 342 g/mol. The Morgan fingerprint density at radius 1 is 1.15 bits per heavy atom. The normalized spacial score (nSPS) is 18.0. The number of carbonyl (C=O) groups is 1. The second-order valence-electron chi connectivity index (χ2n) is 7.18. The Hall–Kier alpha value is -2.69. The Balaban J connectivity index is 1.87. The molecule has 2 aromatic rings. The van der Waals surface area contributed by atoms with Gasteiger partial charge in [0.05, 0.1) is 6.61 Å². The maximum absolute atomic E-state index is 12.5. The van der Waals surface area contributed by atoms with Crippen LogP contribution < -0.4 is 19.1 Å². The van der Waals surface area contributed by atoms with E-state index in [0.29, 0.717) is 32.7 Å². The van der Waals surface area contributed by atoms with Gasteiger partial charge in [-0.3, -0.25) is 4.79 Å². The van der Waals surface area contributed by atoms with E-state index in [-0.39, 0.29) is 11.7 Å². The van der Waals surface area contributed by atoms with Crippen molar-refractivity contribution in [3.05, 3.63) is 47.0 Å². The van der Waals surface area contributed by atoms with Crippen molar-refractivity contribution in [2.75, 3.05) is 38.8 Å². The second-order valence-corrected chi connectivity index (χ2v) is 7.18. The van der Waals surface area contributed by atoms with E-state index in [0.717, 1.165) is 39.6 Å². The quantitative estimate of drug-likeness (QED) is 0.827. The molecule has 1 heterocycles. The first-order chi connectivity index (χ1) is 13.1. The van der Waals surface area contributed by atoms with Crippen molar-refractivity contribution in [2.45, 2.75) is 25.7 Å². The molecule has 5 nitrogen and oxygen atoms in total. The summed E-state index contributed by atoms with van der Waals surface area (Å²) in [5.74, 6) is 2.53. The molecule has 2 aromatic carbocycles. The molecule has 0 fully saturated rings. The molecule has 0 saturated heterocycles. The van der Waals surface area contributed by atoms with Crippen LogP contribution in [0, 0.1) is 0 Å². The Bertz CT molecular complexity index is 875. The van der Waals surface area contributed by atoms with Crippen molar-refractivity contribution in [1.82, 2.24) is 0 Å². The lowest BCUT2D eigenvalue weighted by Gasteiger charge is -2.31. The predicted octanol–water partition coefficient (Wildman–Crippen LogP) is 3.57. The summed E-state index contributed by atoms with van der Waals surface area (Å²) in [6, 6.07) is 10.1. The number of hydrogen-bond donors (Lipinski definition) is 0. The van der Waals surface area contributed by atoms with E-state index >= 15 is 0 Å². The Morgan fingerprint density at radius 2 is 1.96 bits per heavy atom. The van der Waals surface area contributed by atoms with E-state index in [1.165, 1.54) is 0 Å². The zero-order chi connectivity index (χ0) is 19.0. The SMILES string of the molecule is CCOc1cc(N(C)C)ccc1C1CC(=O)Cc2ccc3c(c21)OCCO3. The molecule has 0 radical (unpaired) electrons. The number of fused-ring (bicyclic) bond motifs is 3. The number of rotatable bonds is 4. The van der Waals surface area contributed by atoms with Gasteiger partial charge in [0.2, 0.25) is 0 Å². The summed E-state index contributed by atoms with van der Waals surface area (Å²) in [7, 11) is 4.01. The number of nitrogens with zero attached hydrogens (tertiary/aromatic N) is 1. The van der Waals surface area contributed by atoms with Crippen LogP contribution in [0.5, 0.6) is 17.2 Å². The van der Waals surface area contributed by atoms with Crippen molar-refractivity contribution in [1.29, 1.82) is 0 Å². The summed E-state index contributed by atoms with van der Waals surface area (Å²) in [4.78, 5) is 14.5. The fourth-order valence-electron chi connectivity index (χ4n) is 3.96. The second kappa shape index (κ2) is 7.14. The minimum atomic E-state index is -0.0873. The largest absolute Gasteiger partial charge is 0.493 e. The van der Waals surface area contributed by atoms with E-state index in [4.69, 9.17) is 14.2 Å². The Morgan fingerprint density at radius 3 is 2.74 bits per heavy atom. The van der Waals surface area contributed by atoms with Crippen LogP contribution in [-0.4, -0.2) is 39.7 Å². The van der Waals surface area contributed by atoms with Gasteiger partial charge in [-0.2, -0.15) is 0 Å². The molecule has 0 saturated carbocycles. The van der Waals surface area contributed by atoms with Gasteiger partial charge in [-0.25, -0.2) is 0 Å². The van der Waals surface area contributed by atoms with Gasteiger partial charge in [0.25, 0.3) is 0 Å². The van der Waals surface area contributed by atoms with E-state index in [1.807, 2.05) is 44.1 Å². The molecule has 5 heteroatoms. The van der Waals surface area contributed by atoms with Crippen molar-refractivity contribution < 1.29 is 19.0 Å². The average molecular weight is 367 g/mol. The molecule has 4 rings (SSSR count). The molecule has 0 aromatic heterocycles. The van der Waals surface area contributed by atoms with Gasteiger partial charge in [-0.05, 0) is 24.6 Å². The summed E-state index contributed by atoms with van der Waals surface area (Å²) in [6.07, 6.45) is 0.899. The minimum Gasteiger partial charge on any atom is -0.493 e. The number of Topliss-reactive ketones (excluding diaryl/α,β-unsaturated/α-hetero) is 1. The summed E-state index contributed by atoms with van der Waals surface area (Å²) >= 11 is 0. The molecule has 1 unspecified atom stereocenters. The third kappa shape index (κ3) is 3.22. The molecule has 1 aliphatic carbocycles. The van der Waals surface area contributed by atoms with Gasteiger partial charge in [-0.15, -0.1) is 0 Å². The highest BCUT2D eigenvalue weighted by atomic mass is 16.6. The van der Waals surface area contributed by atoms with Gasteiger partial charge < -0.3 is 19.1 Å². The molecule has 0 N–H and O–H groups in total. The fourth-order valence-corrected chi connectivity index (χ4v) is 3.96. The van der Waals surface area contributed by atoms with E-state index in [1.54, 1.807) is 0 Å². The van der Waals surface area contributed by atoms with Crippen molar-refractivity contribution in [2.24, 2.45) is 0 Å². The average Bonchev–Trinajstić information content (AvgIpc) is 2.67. The first-order valence-electron chi connectivity index (χ1n) is 9.45. The number of ketones is 1. The number of carbonyl (C=O) groups excluding carboxylic acids is 1. The number of ether oxygens (including phenoxy) is 3. The fraction of sp³-hybridized carbons (Fsp3) is 0.409. The lowest BCUT2D eigenvalue weighted by Crippen LogP contribution is -2.24. The van der Waals surface area contributed by atoms with Crippen LogP contribution in [-0.2, 0) is 11.2 Å². The number of anilines is 1. The van der Waals surface area contributed by atoms with Crippen LogP contribution in [0.1, 0.15) is 36.0 Å². The van der Waals surface area contributed by atoms with Crippen LogP contribution >= 0.6 is 0 Å². The third-order valence-corrected chi connectivity index (χ3v) is 5.19. The summed E-state index contributed by atoms with van der Waals surface area (Å²) < 4.78 is 17.7. The van der Waals surface area contributed by atoms with Crippen LogP contribution in [0.25, 0.3) is 0 Å². The van der Waals surface area contributed by atoms with Crippen molar-refractivity contribution >= 4 is 11.5 Å². The molecule has 2 aliphatic rings. The maximum atomic E-state index is 12.5. The maximum Gasteiger partial charge on any atom is 0.165 e. The highest BCUT2D eigenvalue weighted by molar-refractivity contribution is 5.86. The highest BCUT2D eigenvalue weighted by Gasteiger charge is 2.34. The van der Waals surface area contributed by atoms with E-state index < -0.39 is 0 Å². The topological polar surface area (TPSA) is 48.0 Å². The molecule has 0 spiro atoms. The molecule has 0 amide bonds. The third-order valence-electron chi connectivity index (χ3n) is 5.19. The first kappa shape index (κ1) is 17.7. The monoisotopic (exact) mass is 367 g/mol. The van der Waals surface area contributed by atoms with Gasteiger partial charge in [-0.1, -0.05) is 12.1 Å². The summed E-state index contributed by atoms with van der Waals surface area (Å²) in [5.41, 5.74) is 4.20. The van der Waals surface area contributed by atoms with E-state index in [2.05, 4.69) is 12.1 Å². The molecule has 0 bridgehead atoms. The van der Waals surface area contributed by atoms with Crippen molar-refractivity contribution in [3.63, 3.8) is 0 Å². The van der Waals surface area contributed by atoms with Crippen LogP contribution in [0.15, 0.2) is 30.3 Å².